The quantitative estimate of drug-likeness (QED) is 0.434. The fourth-order valence-corrected chi connectivity index (χ4v) is 5.16. The number of carbonyl (C=O) groups is 2. The van der Waals surface area contributed by atoms with Gasteiger partial charge in [-0.1, -0.05) is 18.2 Å². The molecule has 1 amide bonds. The Hall–Kier alpha value is -3.88. The highest BCUT2D eigenvalue weighted by Crippen LogP contribution is 2.43. The third-order valence-electron chi connectivity index (χ3n) is 7.14. The second-order valence-electron chi connectivity index (χ2n) is 9.39. The van der Waals surface area contributed by atoms with Gasteiger partial charge in [-0.05, 0) is 53.9 Å². The van der Waals surface area contributed by atoms with Crippen LogP contribution < -0.4 is 20.1 Å². The van der Waals surface area contributed by atoms with Gasteiger partial charge in [-0.3, -0.25) is 14.5 Å². The lowest BCUT2D eigenvalue weighted by atomic mass is 9.94. The fourth-order valence-electron chi connectivity index (χ4n) is 5.16. The molecule has 1 aliphatic carbocycles. The molecule has 3 aromatic rings. The SMILES string of the molecule is COc1cccc(-c2ccc(NC(=O)c3ccc(NCCN4CCOCC4)cc3)c3c2CCC3=O)c1OC. The van der Waals surface area contributed by atoms with Crippen LogP contribution in [0.4, 0.5) is 11.4 Å². The van der Waals surface area contributed by atoms with Gasteiger partial charge in [-0.15, -0.1) is 0 Å². The summed E-state index contributed by atoms with van der Waals surface area (Å²) in [5, 5.41) is 6.38. The van der Waals surface area contributed by atoms with Crippen molar-refractivity contribution in [2.45, 2.75) is 12.8 Å². The number of morpholine rings is 1. The van der Waals surface area contributed by atoms with E-state index in [-0.39, 0.29) is 11.7 Å². The molecule has 0 atom stereocenters. The maximum Gasteiger partial charge on any atom is 0.255 e. The lowest BCUT2D eigenvalue weighted by Crippen LogP contribution is -2.39. The summed E-state index contributed by atoms with van der Waals surface area (Å²) >= 11 is 0. The van der Waals surface area contributed by atoms with Gasteiger partial charge in [0.25, 0.3) is 5.91 Å². The molecule has 8 nitrogen and oxygen atoms in total. The molecule has 1 heterocycles. The number of amides is 1. The third-order valence-corrected chi connectivity index (χ3v) is 7.14. The van der Waals surface area contributed by atoms with Crippen LogP contribution in [0.5, 0.6) is 11.5 Å². The molecule has 38 heavy (non-hydrogen) atoms. The largest absolute Gasteiger partial charge is 0.493 e. The number of carbonyl (C=O) groups excluding carboxylic acids is 2. The number of hydrogen-bond donors (Lipinski definition) is 2. The maximum absolute atomic E-state index is 13.1. The standard InChI is InChI=1S/C30H33N3O5/c1-36-27-5-3-4-24(29(27)37-2)22-10-12-25(28-23(22)11-13-26(28)34)32-30(35)20-6-8-21(9-7-20)31-14-15-33-16-18-38-19-17-33/h3-10,12,31H,11,13-19H2,1-2H3,(H,32,35). The first-order chi connectivity index (χ1) is 18.6. The smallest absolute Gasteiger partial charge is 0.255 e. The normalized spacial score (nSPS) is 15.2. The molecular weight excluding hydrogens is 482 g/mol. The maximum atomic E-state index is 13.1. The van der Waals surface area contributed by atoms with Gasteiger partial charge in [0.05, 0.1) is 33.1 Å². The van der Waals surface area contributed by atoms with Crippen molar-refractivity contribution in [1.29, 1.82) is 0 Å². The van der Waals surface area contributed by atoms with Crippen LogP contribution in [0.25, 0.3) is 11.1 Å². The molecule has 198 valence electrons. The van der Waals surface area contributed by atoms with Gasteiger partial charge in [0.1, 0.15) is 0 Å². The molecular formula is C30H33N3O5. The number of fused-ring (bicyclic) bond motifs is 1. The first kappa shape index (κ1) is 25.8. The molecule has 0 radical (unpaired) electrons. The number of Topliss-reactive ketones (excluding diaryl/α,β-unsaturated/α-hetero) is 1. The van der Waals surface area contributed by atoms with Crippen molar-refractivity contribution in [2.75, 3.05) is 64.2 Å². The second kappa shape index (κ2) is 11.7. The molecule has 5 rings (SSSR count). The minimum absolute atomic E-state index is 0.0267. The van der Waals surface area contributed by atoms with Crippen molar-refractivity contribution in [3.05, 3.63) is 71.3 Å². The predicted octanol–water partition coefficient (Wildman–Crippen LogP) is 4.50. The molecule has 1 aliphatic heterocycles. The number of benzene rings is 3. The minimum atomic E-state index is -0.251. The Morgan fingerprint density at radius 1 is 0.947 bits per heavy atom. The zero-order valence-corrected chi connectivity index (χ0v) is 21.8. The van der Waals surface area contributed by atoms with Gasteiger partial charge < -0.3 is 24.8 Å². The number of nitrogens with one attached hydrogen (secondary N) is 2. The summed E-state index contributed by atoms with van der Waals surface area (Å²) in [5.74, 6) is 1.02. The second-order valence-corrected chi connectivity index (χ2v) is 9.39. The Labute approximate surface area is 222 Å². The number of hydrogen-bond acceptors (Lipinski definition) is 7. The molecule has 0 saturated carbocycles. The van der Waals surface area contributed by atoms with E-state index in [0.29, 0.717) is 41.2 Å². The highest BCUT2D eigenvalue weighted by atomic mass is 16.5. The van der Waals surface area contributed by atoms with E-state index in [0.717, 1.165) is 61.8 Å². The van der Waals surface area contributed by atoms with Crippen LogP contribution >= 0.6 is 0 Å². The Balaban J connectivity index is 1.30. The molecule has 2 aliphatic rings. The van der Waals surface area contributed by atoms with Gasteiger partial charge in [-0.2, -0.15) is 0 Å². The molecule has 0 bridgehead atoms. The van der Waals surface area contributed by atoms with Crippen LogP contribution in [-0.2, 0) is 11.2 Å². The van der Waals surface area contributed by atoms with E-state index >= 15 is 0 Å². The summed E-state index contributed by atoms with van der Waals surface area (Å²) in [7, 11) is 3.20. The molecule has 8 heteroatoms. The number of para-hydroxylation sites is 1. The van der Waals surface area contributed by atoms with Crippen molar-refractivity contribution in [2.24, 2.45) is 0 Å². The summed E-state index contributed by atoms with van der Waals surface area (Å²) in [6.45, 7) is 5.27. The van der Waals surface area contributed by atoms with Crippen molar-refractivity contribution in [3.8, 4) is 22.6 Å². The lowest BCUT2D eigenvalue weighted by molar-refractivity contribution is 0.0398. The number of rotatable bonds is 9. The summed E-state index contributed by atoms with van der Waals surface area (Å²) in [5.41, 5.74) is 5.27. The predicted molar refractivity (Wildman–Crippen MR) is 148 cm³/mol. The van der Waals surface area contributed by atoms with Crippen LogP contribution in [0.1, 0.15) is 32.7 Å². The zero-order valence-electron chi connectivity index (χ0n) is 21.8. The van der Waals surface area contributed by atoms with Gasteiger partial charge in [0.15, 0.2) is 17.3 Å². The zero-order chi connectivity index (χ0) is 26.5. The molecule has 0 aromatic heterocycles. The highest BCUT2D eigenvalue weighted by molar-refractivity contribution is 6.12. The van der Waals surface area contributed by atoms with Crippen LogP contribution in [0.2, 0.25) is 0 Å². The van der Waals surface area contributed by atoms with Gasteiger partial charge >= 0.3 is 0 Å². The number of anilines is 2. The van der Waals surface area contributed by atoms with Crippen LogP contribution in [0.3, 0.4) is 0 Å². The Morgan fingerprint density at radius 2 is 1.74 bits per heavy atom. The molecule has 0 unspecified atom stereocenters. The van der Waals surface area contributed by atoms with Crippen molar-refractivity contribution >= 4 is 23.1 Å². The van der Waals surface area contributed by atoms with Gasteiger partial charge in [0.2, 0.25) is 0 Å². The van der Waals surface area contributed by atoms with E-state index in [1.54, 1.807) is 32.4 Å². The van der Waals surface area contributed by atoms with Crippen molar-refractivity contribution in [1.82, 2.24) is 4.90 Å². The van der Waals surface area contributed by atoms with E-state index in [1.165, 1.54) is 0 Å². The first-order valence-electron chi connectivity index (χ1n) is 12.9. The minimum Gasteiger partial charge on any atom is -0.493 e. The van der Waals surface area contributed by atoms with Crippen molar-refractivity contribution in [3.63, 3.8) is 0 Å². The summed E-state index contributed by atoms with van der Waals surface area (Å²) in [6, 6.07) is 16.8. The van der Waals surface area contributed by atoms with E-state index in [2.05, 4.69) is 15.5 Å². The summed E-state index contributed by atoms with van der Waals surface area (Å²) in [4.78, 5) is 28.4. The fraction of sp³-hybridized carbons (Fsp3) is 0.333. The third kappa shape index (κ3) is 5.37. The van der Waals surface area contributed by atoms with Gasteiger partial charge in [0, 0.05) is 55.0 Å². The van der Waals surface area contributed by atoms with E-state index in [9.17, 15) is 9.59 Å². The van der Waals surface area contributed by atoms with Crippen molar-refractivity contribution < 1.29 is 23.8 Å². The monoisotopic (exact) mass is 515 g/mol. The Kier molecular flexibility index (Phi) is 7.91. The van der Waals surface area contributed by atoms with Crippen LogP contribution in [-0.4, -0.2) is 70.2 Å². The Morgan fingerprint density at radius 3 is 2.47 bits per heavy atom. The molecule has 1 saturated heterocycles. The van der Waals surface area contributed by atoms with E-state index < -0.39 is 0 Å². The lowest BCUT2D eigenvalue weighted by Gasteiger charge is -2.26. The number of nitrogens with zero attached hydrogens (tertiary/aromatic N) is 1. The number of methoxy groups -OCH3 is 2. The van der Waals surface area contributed by atoms with E-state index in [1.807, 2.05) is 36.4 Å². The summed E-state index contributed by atoms with van der Waals surface area (Å²) in [6.07, 6.45) is 1.02. The molecule has 0 spiro atoms. The summed E-state index contributed by atoms with van der Waals surface area (Å²) < 4.78 is 16.5. The van der Waals surface area contributed by atoms with Crippen LogP contribution in [0.15, 0.2) is 54.6 Å². The molecule has 2 N–H and O–H groups in total. The Bertz CT molecular complexity index is 1320. The number of ether oxygens (including phenoxy) is 3. The average Bonchev–Trinajstić information content (AvgIpc) is 3.35. The molecule has 1 fully saturated rings. The molecule has 3 aromatic carbocycles. The first-order valence-corrected chi connectivity index (χ1v) is 12.9. The van der Waals surface area contributed by atoms with Crippen LogP contribution in [0, 0.1) is 0 Å². The highest BCUT2D eigenvalue weighted by Gasteiger charge is 2.28. The topological polar surface area (TPSA) is 89.1 Å². The average molecular weight is 516 g/mol. The van der Waals surface area contributed by atoms with E-state index in [4.69, 9.17) is 14.2 Å². The van der Waals surface area contributed by atoms with Gasteiger partial charge in [-0.25, -0.2) is 0 Å². The number of ketones is 1.